The molecular formula is C11H15NO2. The number of carbonyl (C=O) groups excluding carboxylic acids is 1. The van der Waals surface area contributed by atoms with Crippen molar-refractivity contribution in [3.05, 3.63) is 29.8 Å². The molecule has 0 aliphatic carbocycles. The van der Waals surface area contributed by atoms with Crippen LogP contribution in [0.5, 0.6) is 5.75 Å². The van der Waals surface area contributed by atoms with Crippen LogP contribution in [0, 0.1) is 0 Å². The number of hydrogen-bond acceptors (Lipinski definition) is 3. The minimum atomic E-state index is 0.0251. The second kappa shape index (κ2) is 4.77. The Morgan fingerprint density at radius 3 is 2.29 bits per heavy atom. The topological polar surface area (TPSA) is 29.5 Å². The molecule has 3 heteroatoms. The maximum atomic E-state index is 10.4. The largest absolute Gasteiger partial charge is 0.475 e. The van der Waals surface area contributed by atoms with E-state index in [9.17, 15) is 4.79 Å². The number of hydrogen-bond donors (Lipinski definition) is 0. The summed E-state index contributed by atoms with van der Waals surface area (Å²) in [6.45, 7) is 1.97. The fraction of sp³-hybridized carbons (Fsp3) is 0.364. The first-order valence-electron chi connectivity index (χ1n) is 4.52. The van der Waals surface area contributed by atoms with Crippen LogP contribution in [0.3, 0.4) is 0 Å². The van der Waals surface area contributed by atoms with Crippen LogP contribution in [0.1, 0.15) is 17.3 Å². The van der Waals surface area contributed by atoms with E-state index >= 15 is 0 Å². The monoisotopic (exact) mass is 193 g/mol. The van der Waals surface area contributed by atoms with E-state index in [4.69, 9.17) is 4.74 Å². The predicted octanol–water partition coefficient (Wildman–Crippen LogP) is 1.79. The first kappa shape index (κ1) is 10.7. The molecule has 0 radical (unpaired) electrons. The summed E-state index contributed by atoms with van der Waals surface area (Å²) in [5.74, 6) is 0.775. The second-order valence-electron chi connectivity index (χ2n) is 3.37. The number of aldehydes is 1. The van der Waals surface area contributed by atoms with Crippen LogP contribution in [0.25, 0.3) is 0 Å². The van der Waals surface area contributed by atoms with Crippen LogP contribution in [0.2, 0.25) is 0 Å². The van der Waals surface area contributed by atoms with E-state index in [0.717, 1.165) is 12.0 Å². The molecule has 0 saturated carbocycles. The smallest absolute Gasteiger partial charge is 0.150 e. The zero-order valence-electron chi connectivity index (χ0n) is 8.73. The Kier molecular flexibility index (Phi) is 3.65. The zero-order chi connectivity index (χ0) is 10.6. The highest BCUT2D eigenvalue weighted by molar-refractivity contribution is 5.74. The molecule has 0 N–H and O–H groups in total. The van der Waals surface area contributed by atoms with Gasteiger partial charge in [0.05, 0.1) is 0 Å². The van der Waals surface area contributed by atoms with Crippen LogP contribution in [-0.2, 0) is 0 Å². The molecule has 0 bridgehead atoms. The summed E-state index contributed by atoms with van der Waals surface area (Å²) in [4.78, 5) is 12.4. The Labute approximate surface area is 84.3 Å². The Bertz CT molecular complexity index is 293. The van der Waals surface area contributed by atoms with Crippen molar-refractivity contribution in [3.63, 3.8) is 0 Å². The molecule has 76 valence electrons. The average molecular weight is 193 g/mol. The van der Waals surface area contributed by atoms with Gasteiger partial charge in [-0.25, -0.2) is 0 Å². The van der Waals surface area contributed by atoms with Crippen molar-refractivity contribution in [1.82, 2.24) is 4.90 Å². The Morgan fingerprint density at radius 1 is 1.29 bits per heavy atom. The highest BCUT2D eigenvalue weighted by atomic mass is 16.5. The third-order valence-electron chi connectivity index (χ3n) is 2.05. The fourth-order valence-corrected chi connectivity index (χ4v) is 0.927. The minimum Gasteiger partial charge on any atom is -0.475 e. The molecule has 3 nitrogen and oxygen atoms in total. The van der Waals surface area contributed by atoms with Crippen molar-refractivity contribution in [2.75, 3.05) is 14.1 Å². The van der Waals surface area contributed by atoms with Gasteiger partial charge in [-0.05, 0) is 45.3 Å². The number of carbonyl (C=O) groups is 1. The van der Waals surface area contributed by atoms with Gasteiger partial charge in [-0.1, -0.05) is 0 Å². The molecule has 0 saturated heterocycles. The molecule has 0 fully saturated rings. The maximum Gasteiger partial charge on any atom is 0.150 e. The summed E-state index contributed by atoms with van der Waals surface area (Å²) >= 11 is 0. The van der Waals surface area contributed by atoms with Crippen molar-refractivity contribution in [3.8, 4) is 5.75 Å². The average Bonchev–Trinajstić information content (AvgIpc) is 2.19. The molecule has 1 rings (SSSR count). The summed E-state index contributed by atoms with van der Waals surface area (Å²) in [6, 6.07) is 7.07. The van der Waals surface area contributed by atoms with E-state index in [1.807, 2.05) is 25.9 Å². The lowest BCUT2D eigenvalue weighted by molar-refractivity contribution is 0.0815. The summed E-state index contributed by atoms with van der Waals surface area (Å²) in [5.41, 5.74) is 0.662. The van der Waals surface area contributed by atoms with Gasteiger partial charge in [0.25, 0.3) is 0 Å². The quantitative estimate of drug-likeness (QED) is 0.539. The van der Waals surface area contributed by atoms with Crippen LogP contribution < -0.4 is 4.74 Å². The predicted molar refractivity (Wildman–Crippen MR) is 55.6 cm³/mol. The van der Waals surface area contributed by atoms with Crippen molar-refractivity contribution in [2.45, 2.75) is 13.2 Å². The normalized spacial score (nSPS) is 12.6. The van der Waals surface area contributed by atoms with Crippen molar-refractivity contribution >= 4 is 6.29 Å². The number of ether oxygens (including phenoxy) is 1. The van der Waals surface area contributed by atoms with Gasteiger partial charge in [0.1, 0.15) is 18.3 Å². The standard InChI is InChI=1S/C11H15NO2/c1-9(12(2)3)14-11-6-4-10(8-13)5-7-11/h4-9H,1-3H3. The molecule has 1 aromatic carbocycles. The van der Waals surface area contributed by atoms with Gasteiger partial charge in [-0.2, -0.15) is 0 Å². The summed E-state index contributed by atoms with van der Waals surface area (Å²) in [7, 11) is 3.90. The van der Waals surface area contributed by atoms with Gasteiger partial charge < -0.3 is 4.74 Å². The summed E-state index contributed by atoms with van der Waals surface area (Å²) in [6.07, 6.45) is 0.844. The van der Waals surface area contributed by atoms with Crippen LogP contribution in [-0.4, -0.2) is 31.5 Å². The zero-order valence-corrected chi connectivity index (χ0v) is 8.73. The van der Waals surface area contributed by atoms with Gasteiger partial charge in [0.2, 0.25) is 0 Å². The second-order valence-corrected chi connectivity index (χ2v) is 3.37. The number of benzene rings is 1. The molecular weight excluding hydrogens is 178 g/mol. The fourth-order valence-electron chi connectivity index (χ4n) is 0.927. The molecule has 0 heterocycles. The highest BCUT2D eigenvalue weighted by Crippen LogP contribution is 2.13. The Hall–Kier alpha value is -1.35. The first-order chi connectivity index (χ1) is 6.63. The van der Waals surface area contributed by atoms with Gasteiger partial charge in [-0.15, -0.1) is 0 Å². The van der Waals surface area contributed by atoms with E-state index in [1.165, 1.54) is 0 Å². The molecule has 0 aliphatic rings. The molecule has 1 atom stereocenters. The lowest BCUT2D eigenvalue weighted by Crippen LogP contribution is -2.30. The van der Waals surface area contributed by atoms with Crippen LogP contribution >= 0.6 is 0 Å². The molecule has 0 spiro atoms. The van der Waals surface area contributed by atoms with E-state index in [2.05, 4.69) is 0 Å². The molecule has 1 aromatic rings. The van der Waals surface area contributed by atoms with E-state index in [-0.39, 0.29) is 6.23 Å². The van der Waals surface area contributed by atoms with Crippen LogP contribution in [0.4, 0.5) is 0 Å². The number of rotatable bonds is 4. The van der Waals surface area contributed by atoms with Gasteiger partial charge in [0.15, 0.2) is 0 Å². The van der Waals surface area contributed by atoms with E-state index in [0.29, 0.717) is 5.56 Å². The molecule has 0 aliphatic heterocycles. The Balaban J connectivity index is 2.64. The highest BCUT2D eigenvalue weighted by Gasteiger charge is 2.05. The summed E-state index contributed by atoms with van der Waals surface area (Å²) in [5, 5.41) is 0. The van der Waals surface area contributed by atoms with Gasteiger partial charge in [-0.3, -0.25) is 9.69 Å². The lowest BCUT2D eigenvalue weighted by Gasteiger charge is -2.21. The van der Waals surface area contributed by atoms with Gasteiger partial charge >= 0.3 is 0 Å². The lowest BCUT2D eigenvalue weighted by atomic mass is 10.2. The molecule has 1 unspecified atom stereocenters. The Morgan fingerprint density at radius 2 is 1.86 bits per heavy atom. The molecule has 14 heavy (non-hydrogen) atoms. The first-order valence-corrected chi connectivity index (χ1v) is 4.52. The van der Waals surface area contributed by atoms with Crippen LogP contribution in [0.15, 0.2) is 24.3 Å². The van der Waals surface area contributed by atoms with E-state index in [1.54, 1.807) is 24.3 Å². The maximum absolute atomic E-state index is 10.4. The van der Waals surface area contributed by atoms with Crippen molar-refractivity contribution < 1.29 is 9.53 Å². The van der Waals surface area contributed by atoms with Gasteiger partial charge in [0, 0.05) is 5.56 Å². The molecule has 0 aromatic heterocycles. The number of nitrogens with zero attached hydrogens (tertiary/aromatic N) is 1. The minimum absolute atomic E-state index is 0.0251. The van der Waals surface area contributed by atoms with Crippen molar-refractivity contribution in [1.29, 1.82) is 0 Å². The third kappa shape index (κ3) is 2.85. The SMILES string of the molecule is CC(Oc1ccc(C=O)cc1)N(C)C. The summed E-state index contributed by atoms with van der Waals surface area (Å²) < 4.78 is 5.59. The van der Waals surface area contributed by atoms with E-state index < -0.39 is 0 Å². The molecule has 0 amide bonds. The third-order valence-corrected chi connectivity index (χ3v) is 2.05. The van der Waals surface area contributed by atoms with Crippen molar-refractivity contribution in [2.24, 2.45) is 0 Å².